The molecule has 0 spiro atoms. The van der Waals surface area contributed by atoms with Gasteiger partial charge in [-0.3, -0.25) is 9.69 Å². The lowest BCUT2D eigenvalue weighted by Crippen LogP contribution is -2.42. The fraction of sp³-hybridized carbons (Fsp3) is 0.350. The second-order valence-corrected chi connectivity index (χ2v) is 7.46. The van der Waals surface area contributed by atoms with E-state index in [1.54, 1.807) is 24.3 Å². The van der Waals surface area contributed by atoms with Crippen LogP contribution >= 0.6 is 23.2 Å². The van der Waals surface area contributed by atoms with Crippen molar-refractivity contribution in [3.05, 3.63) is 69.5 Å². The molecule has 0 aromatic heterocycles. The molecule has 0 saturated carbocycles. The predicted molar refractivity (Wildman–Crippen MR) is 103 cm³/mol. The smallest absolute Gasteiger partial charge is 0.224 e. The van der Waals surface area contributed by atoms with Gasteiger partial charge in [0.1, 0.15) is 5.82 Å². The molecule has 1 atom stereocenters. The van der Waals surface area contributed by atoms with E-state index in [1.165, 1.54) is 6.07 Å². The fourth-order valence-electron chi connectivity index (χ4n) is 3.27. The monoisotopic (exact) mass is 394 g/mol. The van der Waals surface area contributed by atoms with E-state index in [0.29, 0.717) is 35.2 Å². The molecule has 0 aliphatic carbocycles. The summed E-state index contributed by atoms with van der Waals surface area (Å²) < 4.78 is 13.8. The average Bonchev–Trinajstić information content (AvgIpc) is 2.63. The Morgan fingerprint density at radius 1 is 1.19 bits per heavy atom. The number of hydrogen-bond acceptors (Lipinski definition) is 2. The van der Waals surface area contributed by atoms with Gasteiger partial charge >= 0.3 is 0 Å². The van der Waals surface area contributed by atoms with Crippen molar-refractivity contribution in [1.29, 1.82) is 0 Å². The van der Waals surface area contributed by atoms with Crippen molar-refractivity contribution in [2.45, 2.75) is 25.9 Å². The Bertz CT molecular complexity index is 784. The Morgan fingerprint density at radius 3 is 2.77 bits per heavy atom. The molecule has 3 nitrogen and oxygen atoms in total. The van der Waals surface area contributed by atoms with Crippen LogP contribution in [0.25, 0.3) is 0 Å². The van der Waals surface area contributed by atoms with Crippen LogP contribution in [-0.2, 0) is 17.9 Å². The quantitative estimate of drug-likeness (QED) is 0.799. The van der Waals surface area contributed by atoms with Crippen molar-refractivity contribution in [3.8, 4) is 0 Å². The minimum absolute atomic E-state index is 0.00857. The number of piperidine rings is 1. The molecule has 138 valence electrons. The van der Waals surface area contributed by atoms with E-state index >= 15 is 0 Å². The van der Waals surface area contributed by atoms with E-state index in [4.69, 9.17) is 23.2 Å². The number of amides is 1. The van der Waals surface area contributed by atoms with E-state index in [0.717, 1.165) is 24.9 Å². The topological polar surface area (TPSA) is 32.3 Å². The number of halogens is 3. The van der Waals surface area contributed by atoms with Crippen LogP contribution in [0.2, 0.25) is 10.0 Å². The summed E-state index contributed by atoms with van der Waals surface area (Å²) in [6, 6.07) is 12.0. The van der Waals surface area contributed by atoms with Gasteiger partial charge in [0.15, 0.2) is 0 Å². The lowest BCUT2D eigenvalue weighted by Gasteiger charge is -2.32. The third-order valence-corrected chi connectivity index (χ3v) is 5.28. The van der Waals surface area contributed by atoms with E-state index < -0.39 is 0 Å². The first-order valence-electron chi connectivity index (χ1n) is 8.70. The molecule has 1 aliphatic rings. The van der Waals surface area contributed by atoms with Crippen molar-refractivity contribution in [1.82, 2.24) is 10.2 Å². The molecule has 0 radical (unpaired) electrons. The standard InChI is InChI=1S/C20H21Cl2FN2O/c21-17-8-7-14(18(22)10-17)11-24-20(26)16-5-3-9-25(13-16)12-15-4-1-2-6-19(15)23/h1-2,4,6-8,10,16H,3,5,9,11-13H2,(H,24,26). The summed E-state index contributed by atoms with van der Waals surface area (Å²) in [5.41, 5.74) is 1.50. The molecule has 2 aromatic rings. The van der Waals surface area contributed by atoms with Crippen molar-refractivity contribution < 1.29 is 9.18 Å². The van der Waals surface area contributed by atoms with Crippen LogP contribution in [0.15, 0.2) is 42.5 Å². The molecule has 2 aromatic carbocycles. The van der Waals surface area contributed by atoms with Crippen LogP contribution in [-0.4, -0.2) is 23.9 Å². The lowest BCUT2D eigenvalue weighted by molar-refractivity contribution is -0.126. The molecule has 1 unspecified atom stereocenters. The number of likely N-dealkylation sites (tertiary alicyclic amines) is 1. The highest BCUT2D eigenvalue weighted by Gasteiger charge is 2.26. The maximum absolute atomic E-state index is 13.8. The normalized spacial score (nSPS) is 17.9. The highest BCUT2D eigenvalue weighted by molar-refractivity contribution is 6.35. The molecular weight excluding hydrogens is 374 g/mol. The van der Waals surface area contributed by atoms with Crippen molar-refractivity contribution >= 4 is 29.1 Å². The largest absolute Gasteiger partial charge is 0.352 e. The highest BCUT2D eigenvalue weighted by atomic mass is 35.5. The Morgan fingerprint density at radius 2 is 2.00 bits per heavy atom. The lowest BCUT2D eigenvalue weighted by atomic mass is 9.96. The van der Waals surface area contributed by atoms with Crippen LogP contribution in [0.1, 0.15) is 24.0 Å². The van der Waals surface area contributed by atoms with E-state index in [1.807, 2.05) is 12.1 Å². The minimum atomic E-state index is -0.198. The summed E-state index contributed by atoms with van der Waals surface area (Å²) in [6.45, 7) is 2.41. The summed E-state index contributed by atoms with van der Waals surface area (Å²) in [4.78, 5) is 14.7. The molecule has 1 N–H and O–H groups in total. The molecule has 3 rings (SSSR count). The fourth-order valence-corrected chi connectivity index (χ4v) is 3.75. The maximum Gasteiger partial charge on any atom is 0.224 e. The molecule has 6 heteroatoms. The summed E-state index contributed by atoms with van der Waals surface area (Å²) in [6.07, 6.45) is 1.77. The van der Waals surface area contributed by atoms with Gasteiger partial charge < -0.3 is 5.32 Å². The van der Waals surface area contributed by atoms with Gasteiger partial charge in [-0.2, -0.15) is 0 Å². The summed E-state index contributed by atoms with van der Waals surface area (Å²) in [5, 5.41) is 4.07. The molecule has 0 bridgehead atoms. The molecule has 26 heavy (non-hydrogen) atoms. The molecule has 1 fully saturated rings. The number of carbonyl (C=O) groups is 1. The summed E-state index contributed by atoms with van der Waals surface area (Å²) in [7, 11) is 0. The van der Waals surface area contributed by atoms with Gasteiger partial charge in [-0.15, -0.1) is 0 Å². The molecule has 1 aliphatic heterocycles. The SMILES string of the molecule is O=C(NCc1ccc(Cl)cc1Cl)C1CCCN(Cc2ccccc2F)C1. The first-order chi connectivity index (χ1) is 12.5. The molecule has 1 heterocycles. The van der Waals surface area contributed by atoms with Crippen molar-refractivity contribution in [3.63, 3.8) is 0 Å². The van der Waals surface area contributed by atoms with Crippen LogP contribution in [0.3, 0.4) is 0 Å². The van der Waals surface area contributed by atoms with E-state index in [9.17, 15) is 9.18 Å². The number of rotatable bonds is 5. The summed E-state index contributed by atoms with van der Waals surface area (Å²) in [5.74, 6) is -0.285. The van der Waals surface area contributed by atoms with Crippen molar-refractivity contribution in [2.24, 2.45) is 5.92 Å². The van der Waals surface area contributed by atoms with Gasteiger partial charge in [0.05, 0.1) is 5.92 Å². The van der Waals surface area contributed by atoms with Crippen LogP contribution in [0.5, 0.6) is 0 Å². The number of benzene rings is 2. The second kappa shape index (κ2) is 8.85. The van der Waals surface area contributed by atoms with E-state index in [-0.39, 0.29) is 17.6 Å². The predicted octanol–water partition coefficient (Wildman–Crippen LogP) is 4.66. The number of nitrogens with one attached hydrogen (secondary N) is 1. The molecule has 1 amide bonds. The van der Waals surface area contributed by atoms with Crippen LogP contribution in [0.4, 0.5) is 4.39 Å². The van der Waals surface area contributed by atoms with Gasteiger partial charge in [0.25, 0.3) is 0 Å². The molecular formula is C20H21Cl2FN2O. The van der Waals surface area contributed by atoms with Crippen LogP contribution < -0.4 is 5.32 Å². The summed E-state index contributed by atoms with van der Waals surface area (Å²) >= 11 is 12.0. The second-order valence-electron chi connectivity index (χ2n) is 6.62. The number of hydrogen-bond donors (Lipinski definition) is 1. The first-order valence-corrected chi connectivity index (χ1v) is 9.46. The van der Waals surface area contributed by atoms with Gasteiger partial charge in [-0.1, -0.05) is 47.5 Å². The van der Waals surface area contributed by atoms with Gasteiger partial charge in [0, 0.05) is 35.2 Å². The van der Waals surface area contributed by atoms with Crippen LogP contribution in [0, 0.1) is 11.7 Å². The zero-order valence-electron chi connectivity index (χ0n) is 14.4. The molecule has 1 saturated heterocycles. The van der Waals surface area contributed by atoms with Gasteiger partial charge in [-0.25, -0.2) is 4.39 Å². The zero-order chi connectivity index (χ0) is 18.5. The zero-order valence-corrected chi connectivity index (χ0v) is 15.9. The first kappa shape index (κ1) is 19.2. The van der Waals surface area contributed by atoms with Gasteiger partial charge in [0.2, 0.25) is 5.91 Å². The number of nitrogens with zero attached hydrogens (tertiary/aromatic N) is 1. The van der Waals surface area contributed by atoms with Gasteiger partial charge in [-0.05, 0) is 43.1 Å². The average molecular weight is 395 g/mol. The highest BCUT2D eigenvalue weighted by Crippen LogP contribution is 2.22. The minimum Gasteiger partial charge on any atom is -0.352 e. The Hall–Kier alpha value is -1.62. The maximum atomic E-state index is 13.8. The third-order valence-electron chi connectivity index (χ3n) is 4.70. The Kier molecular flexibility index (Phi) is 6.52. The third kappa shape index (κ3) is 4.97. The van der Waals surface area contributed by atoms with Crippen molar-refractivity contribution in [2.75, 3.05) is 13.1 Å². The number of carbonyl (C=O) groups excluding carboxylic acids is 1. The Labute approximate surface area is 163 Å². The Balaban J connectivity index is 1.55. The van der Waals surface area contributed by atoms with E-state index in [2.05, 4.69) is 10.2 Å².